The van der Waals surface area contributed by atoms with Crippen molar-refractivity contribution >= 4 is 23.3 Å². The molecule has 0 saturated heterocycles. The Balaban J connectivity index is 1.66. The van der Waals surface area contributed by atoms with Gasteiger partial charge in [-0.3, -0.25) is 10.2 Å². The molecule has 31 heavy (non-hydrogen) atoms. The fourth-order valence-electron chi connectivity index (χ4n) is 3.08. The van der Waals surface area contributed by atoms with Gasteiger partial charge in [-0.15, -0.1) is 0 Å². The number of ether oxygens (including phenoxy) is 2. The Morgan fingerprint density at radius 3 is 2.19 bits per heavy atom. The molecule has 0 bridgehead atoms. The molecule has 0 unspecified atom stereocenters. The Labute approximate surface area is 180 Å². The minimum atomic E-state index is -5.08. The van der Waals surface area contributed by atoms with Gasteiger partial charge in [0.1, 0.15) is 0 Å². The Bertz CT molecular complexity index is 1080. The van der Waals surface area contributed by atoms with E-state index in [9.17, 15) is 18.0 Å². The molecule has 3 aromatic carbocycles. The zero-order valence-electron chi connectivity index (χ0n) is 15.9. The summed E-state index contributed by atoms with van der Waals surface area (Å²) in [5, 5.41) is 2.06. The number of nitrogens with zero attached hydrogens (tertiary/aromatic N) is 1. The van der Waals surface area contributed by atoms with Crippen molar-refractivity contribution in [2.24, 2.45) is 0 Å². The molecule has 5 nitrogen and oxygen atoms in total. The van der Waals surface area contributed by atoms with Gasteiger partial charge >= 0.3 is 18.1 Å². The van der Waals surface area contributed by atoms with Gasteiger partial charge < -0.3 is 9.47 Å². The van der Waals surface area contributed by atoms with Crippen LogP contribution in [0.3, 0.4) is 0 Å². The maximum absolute atomic E-state index is 14.0. The molecule has 0 spiro atoms. The molecule has 0 saturated carbocycles. The number of para-hydroxylation sites is 1. The molecule has 2 amide bonds. The lowest BCUT2D eigenvalue weighted by Crippen LogP contribution is -2.66. The Hall–Kier alpha value is -3.39. The average molecular weight is 449 g/mol. The average Bonchev–Trinajstić information content (AvgIpc) is 3.11. The summed E-state index contributed by atoms with van der Waals surface area (Å²) in [5.41, 5.74) is 1.13. The van der Waals surface area contributed by atoms with Gasteiger partial charge in [0.05, 0.1) is 6.54 Å². The molecule has 1 aliphatic rings. The summed E-state index contributed by atoms with van der Waals surface area (Å²) in [7, 11) is 0. The van der Waals surface area contributed by atoms with Gasteiger partial charge in [0, 0.05) is 16.8 Å². The number of halogens is 4. The molecule has 0 radical (unpaired) electrons. The maximum atomic E-state index is 14.0. The third kappa shape index (κ3) is 4.25. The number of anilines is 1. The van der Waals surface area contributed by atoms with E-state index in [1.165, 1.54) is 23.1 Å². The largest absolute Gasteiger partial charge is 0.492 e. The maximum Gasteiger partial charge on any atom is 0.492 e. The van der Waals surface area contributed by atoms with Crippen LogP contribution in [0, 0.1) is 0 Å². The van der Waals surface area contributed by atoms with Crippen LogP contribution in [0.5, 0.6) is 11.5 Å². The summed E-state index contributed by atoms with van der Waals surface area (Å²) in [6.07, 6.45) is -5.08. The summed E-state index contributed by atoms with van der Waals surface area (Å²) < 4.78 is 52.2. The lowest BCUT2D eigenvalue weighted by Gasteiger charge is -2.32. The number of carbonyl (C=O) groups excluding carboxylic acids is 1. The number of hydrogen-bond acceptors (Lipinski definition) is 3. The zero-order valence-corrected chi connectivity index (χ0v) is 16.7. The summed E-state index contributed by atoms with van der Waals surface area (Å²) in [5.74, 6) is -3.79. The molecular weight excluding hydrogens is 433 g/mol. The Morgan fingerprint density at radius 1 is 0.935 bits per heavy atom. The molecule has 1 N–H and O–H groups in total. The minimum Gasteiger partial charge on any atom is -0.424 e. The van der Waals surface area contributed by atoms with E-state index in [1.807, 2.05) is 5.32 Å². The van der Waals surface area contributed by atoms with Crippen molar-refractivity contribution in [2.75, 3.05) is 4.90 Å². The summed E-state index contributed by atoms with van der Waals surface area (Å²) in [4.78, 5) is 14.3. The number of hydrogen-bond donors (Lipinski definition) is 1. The van der Waals surface area contributed by atoms with Crippen molar-refractivity contribution in [1.82, 2.24) is 5.32 Å². The first-order valence-corrected chi connectivity index (χ1v) is 9.58. The quantitative estimate of drug-likeness (QED) is 0.553. The van der Waals surface area contributed by atoms with Gasteiger partial charge in [-0.25, -0.2) is 4.79 Å². The molecule has 0 fully saturated rings. The lowest BCUT2D eigenvalue weighted by atomic mass is 10.2. The number of amides is 2. The van der Waals surface area contributed by atoms with Gasteiger partial charge in [-0.1, -0.05) is 60.1 Å². The highest BCUT2D eigenvalue weighted by molar-refractivity contribution is 6.30. The standard InChI is InChI=1S/C22H16ClF3N2O3/c23-16-11-12-18-19(13-16)31-22(30-18,21(24,25)26)27-20(29)28(17-9-5-2-6-10-17)14-15-7-3-1-4-8-15/h1-13H,14H2,(H,27,29)/t22-/m1/s1. The molecule has 0 aromatic heterocycles. The molecule has 9 heteroatoms. The van der Waals surface area contributed by atoms with Crippen LogP contribution in [0.2, 0.25) is 5.02 Å². The van der Waals surface area contributed by atoms with E-state index in [1.54, 1.807) is 60.7 Å². The molecule has 0 aliphatic carbocycles. The zero-order chi connectivity index (χ0) is 22.1. The van der Waals surface area contributed by atoms with Crippen molar-refractivity contribution < 1.29 is 27.4 Å². The van der Waals surface area contributed by atoms with E-state index >= 15 is 0 Å². The van der Waals surface area contributed by atoms with Gasteiger partial charge in [0.25, 0.3) is 0 Å². The van der Waals surface area contributed by atoms with Gasteiger partial charge in [0.15, 0.2) is 11.5 Å². The number of rotatable bonds is 4. The fraction of sp³-hybridized carbons (Fsp3) is 0.136. The third-order valence-corrected chi connectivity index (χ3v) is 4.79. The number of nitrogens with one attached hydrogen (secondary N) is 1. The number of carbonyl (C=O) groups is 1. The summed E-state index contributed by atoms with van der Waals surface area (Å²) in [6.45, 7) is 0.0312. The predicted octanol–water partition coefficient (Wildman–Crippen LogP) is 5.74. The minimum absolute atomic E-state index is 0.0312. The van der Waals surface area contributed by atoms with Crippen molar-refractivity contribution in [3.05, 3.63) is 89.4 Å². The fourth-order valence-corrected chi connectivity index (χ4v) is 3.24. The highest BCUT2D eigenvalue weighted by Gasteiger charge is 2.66. The first-order chi connectivity index (χ1) is 14.8. The Morgan fingerprint density at radius 2 is 1.55 bits per heavy atom. The van der Waals surface area contributed by atoms with Crippen molar-refractivity contribution in [3.8, 4) is 11.5 Å². The van der Waals surface area contributed by atoms with E-state index in [2.05, 4.69) is 0 Å². The number of benzene rings is 3. The third-order valence-electron chi connectivity index (χ3n) is 4.55. The second kappa shape index (κ2) is 8.03. The molecule has 1 atom stereocenters. The first kappa shape index (κ1) is 20.9. The van der Waals surface area contributed by atoms with Gasteiger partial charge in [0.2, 0.25) is 0 Å². The second-order valence-electron chi connectivity index (χ2n) is 6.75. The predicted molar refractivity (Wildman–Crippen MR) is 109 cm³/mol. The lowest BCUT2D eigenvalue weighted by molar-refractivity contribution is -0.317. The molecule has 4 rings (SSSR count). The van der Waals surface area contributed by atoms with E-state index in [0.29, 0.717) is 5.69 Å². The summed E-state index contributed by atoms with van der Waals surface area (Å²) >= 11 is 5.84. The number of fused-ring (bicyclic) bond motifs is 1. The van der Waals surface area contributed by atoms with Crippen LogP contribution < -0.4 is 19.7 Å². The highest BCUT2D eigenvalue weighted by atomic mass is 35.5. The number of urea groups is 1. The molecule has 160 valence electrons. The van der Waals surface area contributed by atoms with E-state index in [-0.39, 0.29) is 23.1 Å². The molecule has 3 aromatic rings. The van der Waals surface area contributed by atoms with Crippen LogP contribution in [0.15, 0.2) is 78.9 Å². The van der Waals surface area contributed by atoms with Crippen molar-refractivity contribution in [2.45, 2.75) is 18.6 Å². The Kier molecular flexibility index (Phi) is 5.41. The smallest absolute Gasteiger partial charge is 0.424 e. The van der Waals surface area contributed by atoms with Crippen molar-refractivity contribution in [1.29, 1.82) is 0 Å². The van der Waals surface area contributed by atoms with Gasteiger partial charge in [-0.2, -0.15) is 13.2 Å². The van der Waals surface area contributed by atoms with Crippen LogP contribution in [0.25, 0.3) is 0 Å². The topological polar surface area (TPSA) is 50.8 Å². The molecular formula is C22H16ClF3N2O3. The van der Waals surface area contributed by atoms with Gasteiger partial charge in [-0.05, 0) is 29.8 Å². The molecule has 1 aliphatic heterocycles. The van der Waals surface area contributed by atoms with Crippen LogP contribution in [-0.2, 0) is 6.54 Å². The van der Waals surface area contributed by atoms with Crippen LogP contribution in [-0.4, -0.2) is 18.1 Å². The SMILES string of the molecule is O=C(N[C@]1(C(F)(F)F)Oc2ccc(Cl)cc2O1)N(Cc1ccccc1)c1ccccc1. The second-order valence-corrected chi connectivity index (χ2v) is 7.18. The van der Waals surface area contributed by atoms with Crippen molar-refractivity contribution in [3.63, 3.8) is 0 Å². The first-order valence-electron chi connectivity index (χ1n) is 9.20. The number of alkyl halides is 3. The normalized spacial score (nSPS) is 17.3. The van der Waals surface area contributed by atoms with Crippen LogP contribution in [0.4, 0.5) is 23.7 Å². The van der Waals surface area contributed by atoms with Crippen LogP contribution >= 0.6 is 11.6 Å². The van der Waals surface area contributed by atoms with E-state index in [4.69, 9.17) is 21.1 Å². The monoisotopic (exact) mass is 448 g/mol. The van der Waals surface area contributed by atoms with Crippen LogP contribution in [0.1, 0.15) is 5.56 Å². The van der Waals surface area contributed by atoms with E-state index < -0.39 is 18.1 Å². The highest BCUT2D eigenvalue weighted by Crippen LogP contribution is 2.46. The molecule has 1 heterocycles. The van der Waals surface area contributed by atoms with E-state index in [0.717, 1.165) is 5.56 Å². The summed E-state index contributed by atoms with van der Waals surface area (Å²) in [6, 6.07) is 20.0.